The molecule has 0 bridgehead atoms. The lowest BCUT2D eigenvalue weighted by atomic mass is 9.77. The summed E-state index contributed by atoms with van der Waals surface area (Å²) >= 11 is 0. The highest BCUT2D eigenvalue weighted by atomic mass is 17.1. The maximum atomic E-state index is 11.6. The molecule has 0 aliphatic heterocycles. The molecule has 0 fully saturated rings. The van der Waals surface area contributed by atoms with Crippen LogP contribution in [-0.2, 0) is 9.68 Å². The van der Waals surface area contributed by atoms with Crippen LogP contribution >= 0.6 is 0 Å². The smallest absolute Gasteiger partial charge is 0.300 e. The van der Waals surface area contributed by atoms with Crippen LogP contribution in [0.3, 0.4) is 0 Å². The van der Waals surface area contributed by atoms with Gasteiger partial charge in [-0.2, -0.15) is 5.26 Å². The molecule has 0 saturated carbocycles. The molecule has 16 heavy (non-hydrogen) atoms. The van der Waals surface area contributed by atoms with Crippen LogP contribution in [0.4, 0.5) is 0 Å². The molecule has 3 nitrogen and oxygen atoms in total. The molecule has 1 unspecified atom stereocenters. The minimum absolute atomic E-state index is 0.537. The van der Waals surface area contributed by atoms with Crippen LogP contribution < -0.4 is 0 Å². The van der Waals surface area contributed by atoms with Gasteiger partial charge >= 0.3 is 5.97 Å². The summed E-state index contributed by atoms with van der Waals surface area (Å²) in [7, 11) is 0. The Bertz CT molecular complexity index is 281. The summed E-state index contributed by atoms with van der Waals surface area (Å²) in [5.74, 6) is -0.537. The molecule has 0 spiro atoms. The van der Waals surface area contributed by atoms with Crippen LogP contribution in [0.15, 0.2) is 24.3 Å². The van der Waals surface area contributed by atoms with Crippen LogP contribution in [0.5, 0.6) is 0 Å². The van der Waals surface area contributed by atoms with E-state index in [9.17, 15) is 4.79 Å². The molecular weight excluding hydrogens is 204 g/mol. The standard InChI is InChI=1S/C13H20O3/c1-2-3-4-6-9-13(12(14)16-15)10-7-5-8-11-13/h5,7-8,10,15H,2-4,6,9,11H2,1H3. The fraction of sp³-hybridized carbons (Fsp3) is 0.615. The maximum Gasteiger partial charge on any atom is 0.352 e. The van der Waals surface area contributed by atoms with Crippen LogP contribution in [0.25, 0.3) is 0 Å². The molecule has 0 aromatic rings. The molecule has 0 aromatic carbocycles. The average molecular weight is 224 g/mol. The summed E-state index contributed by atoms with van der Waals surface area (Å²) in [5.41, 5.74) is -0.642. The normalized spacial score (nSPS) is 23.4. The predicted molar refractivity (Wildman–Crippen MR) is 62.8 cm³/mol. The van der Waals surface area contributed by atoms with Crippen molar-refractivity contribution in [3.8, 4) is 0 Å². The number of carbonyl (C=O) groups excluding carboxylic acids is 1. The Balaban J connectivity index is 2.55. The maximum absolute atomic E-state index is 11.6. The lowest BCUT2D eigenvalue weighted by Crippen LogP contribution is -2.31. The van der Waals surface area contributed by atoms with Crippen LogP contribution in [0.1, 0.15) is 45.4 Å². The van der Waals surface area contributed by atoms with E-state index in [1.807, 2.05) is 24.3 Å². The van der Waals surface area contributed by atoms with Crippen molar-refractivity contribution in [2.75, 3.05) is 0 Å². The average Bonchev–Trinajstić information content (AvgIpc) is 2.35. The van der Waals surface area contributed by atoms with E-state index in [1.165, 1.54) is 12.8 Å². The third-order valence-corrected chi connectivity index (χ3v) is 3.11. The van der Waals surface area contributed by atoms with Crippen molar-refractivity contribution < 1.29 is 14.9 Å². The molecule has 0 aromatic heterocycles. The van der Waals surface area contributed by atoms with Gasteiger partial charge in [-0.1, -0.05) is 56.9 Å². The van der Waals surface area contributed by atoms with Crippen molar-refractivity contribution >= 4 is 5.97 Å². The lowest BCUT2D eigenvalue weighted by Gasteiger charge is -2.27. The van der Waals surface area contributed by atoms with Gasteiger partial charge < -0.3 is 4.89 Å². The van der Waals surface area contributed by atoms with E-state index < -0.39 is 11.4 Å². The van der Waals surface area contributed by atoms with Crippen molar-refractivity contribution in [1.29, 1.82) is 0 Å². The molecule has 1 atom stereocenters. The topological polar surface area (TPSA) is 46.5 Å². The van der Waals surface area contributed by atoms with Crippen molar-refractivity contribution in [3.05, 3.63) is 24.3 Å². The number of hydrogen-bond acceptors (Lipinski definition) is 3. The van der Waals surface area contributed by atoms with E-state index >= 15 is 0 Å². The molecule has 0 saturated heterocycles. The monoisotopic (exact) mass is 224 g/mol. The SMILES string of the molecule is CCCCCCC1(C(=O)OO)C=CC=CC1. The van der Waals surface area contributed by atoms with Gasteiger partial charge in [0.15, 0.2) is 0 Å². The van der Waals surface area contributed by atoms with E-state index in [4.69, 9.17) is 5.26 Å². The molecule has 90 valence electrons. The summed E-state index contributed by atoms with van der Waals surface area (Å²) in [6.07, 6.45) is 13.4. The second-order valence-electron chi connectivity index (χ2n) is 4.34. The first kappa shape index (κ1) is 13.0. The Morgan fingerprint density at radius 2 is 2.19 bits per heavy atom. The Hall–Kier alpha value is -1.09. The van der Waals surface area contributed by atoms with Crippen LogP contribution in [0.2, 0.25) is 0 Å². The number of hydrogen-bond donors (Lipinski definition) is 1. The van der Waals surface area contributed by atoms with Gasteiger partial charge in [0, 0.05) is 0 Å². The van der Waals surface area contributed by atoms with Gasteiger partial charge in [-0.05, 0) is 12.8 Å². The van der Waals surface area contributed by atoms with Gasteiger partial charge in [0.25, 0.3) is 0 Å². The second kappa shape index (κ2) is 6.48. The van der Waals surface area contributed by atoms with E-state index in [1.54, 1.807) is 0 Å². The molecule has 0 heterocycles. The molecule has 1 aliphatic rings. The highest BCUT2D eigenvalue weighted by Crippen LogP contribution is 2.35. The van der Waals surface area contributed by atoms with Crippen molar-refractivity contribution in [2.45, 2.75) is 45.4 Å². The minimum Gasteiger partial charge on any atom is -0.300 e. The zero-order chi connectivity index (χ0) is 11.9. The summed E-state index contributed by atoms with van der Waals surface area (Å²) in [6.45, 7) is 2.15. The lowest BCUT2D eigenvalue weighted by molar-refractivity contribution is -0.243. The van der Waals surface area contributed by atoms with E-state index in [0.29, 0.717) is 6.42 Å². The highest BCUT2D eigenvalue weighted by Gasteiger charge is 2.37. The highest BCUT2D eigenvalue weighted by molar-refractivity contribution is 5.79. The van der Waals surface area contributed by atoms with E-state index in [2.05, 4.69) is 11.8 Å². The fourth-order valence-corrected chi connectivity index (χ4v) is 2.06. The number of rotatable bonds is 6. The van der Waals surface area contributed by atoms with Crippen LogP contribution in [0, 0.1) is 5.41 Å². The predicted octanol–water partition coefficient (Wildman–Crippen LogP) is 3.48. The third-order valence-electron chi connectivity index (χ3n) is 3.11. The first-order chi connectivity index (χ1) is 7.75. The molecular formula is C13H20O3. The molecule has 3 heteroatoms. The molecule has 0 radical (unpaired) electrons. The van der Waals surface area contributed by atoms with Gasteiger partial charge in [0.05, 0.1) is 5.41 Å². The summed E-state index contributed by atoms with van der Waals surface area (Å²) in [5, 5.41) is 8.55. The van der Waals surface area contributed by atoms with Gasteiger partial charge in [-0.3, -0.25) is 0 Å². The van der Waals surface area contributed by atoms with Crippen molar-refractivity contribution in [3.63, 3.8) is 0 Å². The van der Waals surface area contributed by atoms with Gasteiger partial charge in [-0.15, -0.1) is 0 Å². The third kappa shape index (κ3) is 3.20. The first-order valence-electron chi connectivity index (χ1n) is 5.95. The van der Waals surface area contributed by atoms with Gasteiger partial charge in [0.1, 0.15) is 0 Å². The summed E-state index contributed by atoms with van der Waals surface area (Å²) in [6, 6.07) is 0. The number of unbranched alkanes of at least 4 members (excludes halogenated alkanes) is 3. The summed E-state index contributed by atoms with van der Waals surface area (Å²) < 4.78 is 0. The minimum atomic E-state index is -0.642. The van der Waals surface area contributed by atoms with Gasteiger partial charge in [0.2, 0.25) is 0 Å². The number of carbonyl (C=O) groups is 1. The Kier molecular flexibility index (Phi) is 5.26. The molecule has 1 N–H and O–H groups in total. The van der Waals surface area contributed by atoms with E-state index in [-0.39, 0.29) is 0 Å². The van der Waals surface area contributed by atoms with Gasteiger partial charge in [-0.25, -0.2) is 4.79 Å². The Morgan fingerprint density at radius 1 is 1.38 bits per heavy atom. The quantitative estimate of drug-likeness (QED) is 0.427. The Morgan fingerprint density at radius 3 is 2.75 bits per heavy atom. The fourth-order valence-electron chi connectivity index (χ4n) is 2.06. The van der Waals surface area contributed by atoms with Crippen LogP contribution in [-0.4, -0.2) is 11.2 Å². The zero-order valence-corrected chi connectivity index (χ0v) is 9.82. The zero-order valence-electron chi connectivity index (χ0n) is 9.82. The van der Waals surface area contributed by atoms with E-state index in [0.717, 1.165) is 19.3 Å². The van der Waals surface area contributed by atoms with Crippen molar-refractivity contribution in [1.82, 2.24) is 0 Å². The van der Waals surface area contributed by atoms with Crippen molar-refractivity contribution in [2.24, 2.45) is 5.41 Å². The molecule has 0 amide bonds. The summed E-state index contributed by atoms with van der Waals surface area (Å²) in [4.78, 5) is 15.5. The second-order valence-corrected chi connectivity index (χ2v) is 4.34. The first-order valence-corrected chi connectivity index (χ1v) is 5.95. The number of allylic oxidation sites excluding steroid dienone is 3. The largest absolute Gasteiger partial charge is 0.352 e. The molecule has 1 rings (SSSR count). The Labute approximate surface area is 96.7 Å². The molecule has 1 aliphatic carbocycles.